The Labute approximate surface area is 132 Å². The van der Waals surface area contributed by atoms with E-state index >= 15 is 0 Å². The SMILES string of the molecule is CCC1(C(=O)N(C)Cc2ccc3ccccc3c2)CCCN1. The van der Waals surface area contributed by atoms with Gasteiger partial charge in [-0.15, -0.1) is 0 Å². The molecule has 0 aromatic heterocycles. The Balaban J connectivity index is 1.77. The number of benzene rings is 2. The van der Waals surface area contributed by atoms with Gasteiger partial charge in [-0.2, -0.15) is 0 Å². The van der Waals surface area contributed by atoms with Crippen LogP contribution in [0, 0.1) is 0 Å². The van der Waals surface area contributed by atoms with Gasteiger partial charge in [0.2, 0.25) is 5.91 Å². The largest absolute Gasteiger partial charge is 0.340 e. The van der Waals surface area contributed by atoms with Gasteiger partial charge in [0.1, 0.15) is 0 Å². The van der Waals surface area contributed by atoms with Gasteiger partial charge in [-0.05, 0) is 48.2 Å². The first-order valence-corrected chi connectivity index (χ1v) is 8.13. The maximum Gasteiger partial charge on any atom is 0.242 e. The molecule has 1 aliphatic heterocycles. The molecular weight excluding hydrogens is 272 g/mol. The molecule has 0 spiro atoms. The van der Waals surface area contributed by atoms with Crippen LogP contribution in [0.5, 0.6) is 0 Å². The molecule has 1 N–H and O–H groups in total. The first-order chi connectivity index (χ1) is 10.6. The number of nitrogens with zero attached hydrogens (tertiary/aromatic N) is 1. The van der Waals surface area contributed by atoms with Crippen molar-refractivity contribution in [3.63, 3.8) is 0 Å². The maximum absolute atomic E-state index is 12.8. The standard InChI is InChI=1S/C19H24N2O/c1-3-19(11-6-12-20-19)18(22)21(2)14-15-9-10-16-7-4-5-8-17(16)13-15/h4-5,7-10,13,20H,3,6,11-12,14H2,1-2H3. The van der Waals surface area contributed by atoms with E-state index in [9.17, 15) is 4.79 Å². The fourth-order valence-corrected chi connectivity index (χ4v) is 3.49. The van der Waals surface area contributed by atoms with Gasteiger partial charge in [0.15, 0.2) is 0 Å². The third-order valence-corrected chi connectivity index (χ3v) is 4.84. The van der Waals surface area contributed by atoms with E-state index in [0.29, 0.717) is 6.54 Å². The molecule has 1 fully saturated rings. The number of carbonyl (C=O) groups is 1. The van der Waals surface area contributed by atoms with E-state index in [1.807, 2.05) is 11.9 Å². The molecule has 1 amide bonds. The van der Waals surface area contributed by atoms with Crippen LogP contribution in [0.15, 0.2) is 42.5 Å². The van der Waals surface area contributed by atoms with Crippen LogP contribution in [0.2, 0.25) is 0 Å². The number of rotatable bonds is 4. The smallest absolute Gasteiger partial charge is 0.242 e. The van der Waals surface area contributed by atoms with Crippen molar-refractivity contribution < 1.29 is 4.79 Å². The highest BCUT2D eigenvalue weighted by atomic mass is 16.2. The van der Waals surface area contributed by atoms with Gasteiger partial charge in [-0.25, -0.2) is 0 Å². The van der Waals surface area contributed by atoms with Gasteiger partial charge in [0.05, 0.1) is 5.54 Å². The van der Waals surface area contributed by atoms with Gasteiger partial charge >= 0.3 is 0 Å². The van der Waals surface area contributed by atoms with Gasteiger partial charge < -0.3 is 10.2 Å². The Hall–Kier alpha value is -1.87. The lowest BCUT2D eigenvalue weighted by Gasteiger charge is -2.32. The first-order valence-electron chi connectivity index (χ1n) is 8.13. The fourth-order valence-electron chi connectivity index (χ4n) is 3.49. The molecule has 0 aliphatic carbocycles. The lowest BCUT2D eigenvalue weighted by atomic mass is 9.92. The summed E-state index contributed by atoms with van der Waals surface area (Å²) in [7, 11) is 1.91. The second kappa shape index (κ2) is 6.09. The quantitative estimate of drug-likeness (QED) is 0.938. The monoisotopic (exact) mass is 296 g/mol. The van der Waals surface area contributed by atoms with Crippen molar-refractivity contribution in [2.24, 2.45) is 0 Å². The summed E-state index contributed by atoms with van der Waals surface area (Å²) in [6, 6.07) is 14.8. The van der Waals surface area contributed by atoms with Gasteiger partial charge in [0, 0.05) is 13.6 Å². The van der Waals surface area contributed by atoms with E-state index in [0.717, 1.165) is 25.8 Å². The number of amides is 1. The van der Waals surface area contributed by atoms with Crippen LogP contribution in [-0.2, 0) is 11.3 Å². The Morgan fingerprint density at radius 3 is 2.68 bits per heavy atom. The summed E-state index contributed by atoms with van der Waals surface area (Å²) in [6.45, 7) is 3.70. The minimum atomic E-state index is -0.342. The fraction of sp³-hybridized carbons (Fsp3) is 0.421. The number of nitrogens with one attached hydrogen (secondary N) is 1. The van der Waals surface area contributed by atoms with Crippen molar-refractivity contribution in [3.05, 3.63) is 48.0 Å². The molecule has 1 saturated heterocycles. The number of fused-ring (bicyclic) bond motifs is 1. The van der Waals surface area contributed by atoms with Crippen molar-refractivity contribution in [2.75, 3.05) is 13.6 Å². The van der Waals surface area contributed by atoms with Gasteiger partial charge in [-0.1, -0.05) is 43.3 Å². The Bertz CT molecular complexity index is 674. The number of carbonyl (C=O) groups excluding carboxylic acids is 1. The summed E-state index contributed by atoms with van der Waals surface area (Å²) in [4.78, 5) is 14.7. The third-order valence-electron chi connectivity index (χ3n) is 4.84. The van der Waals surface area contributed by atoms with Crippen molar-refractivity contribution >= 4 is 16.7 Å². The molecule has 3 heteroatoms. The number of hydrogen-bond donors (Lipinski definition) is 1. The molecule has 2 aromatic carbocycles. The van der Waals surface area contributed by atoms with Crippen molar-refractivity contribution in [1.82, 2.24) is 10.2 Å². The average molecular weight is 296 g/mol. The third kappa shape index (κ3) is 2.73. The highest BCUT2D eigenvalue weighted by Crippen LogP contribution is 2.26. The molecule has 0 bridgehead atoms. The zero-order chi connectivity index (χ0) is 15.6. The van der Waals surface area contributed by atoms with E-state index in [1.54, 1.807) is 0 Å². The Kier molecular flexibility index (Phi) is 4.16. The molecule has 22 heavy (non-hydrogen) atoms. The minimum absolute atomic E-state index is 0.223. The summed E-state index contributed by atoms with van der Waals surface area (Å²) in [5.74, 6) is 0.223. The Morgan fingerprint density at radius 2 is 2.00 bits per heavy atom. The number of hydrogen-bond acceptors (Lipinski definition) is 2. The molecule has 1 aliphatic rings. The van der Waals surface area contributed by atoms with E-state index in [4.69, 9.17) is 0 Å². The predicted octanol–water partition coefficient (Wildman–Crippen LogP) is 3.33. The van der Waals surface area contributed by atoms with E-state index < -0.39 is 0 Å². The van der Waals surface area contributed by atoms with E-state index in [1.165, 1.54) is 16.3 Å². The molecular formula is C19H24N2O. The predicted molar refractivity (Wildman–Crippen MR) is 90.7 cm³/mol. The molecule has 3 rings (SSSR count). The molecule has 1 heterocycles. The number of likely N-dealkylation sites (N-methyl/N-ethyl adjacent to an activating group) is 1. The van der Waals surface area contributed by atoms with Crippen LogP contribution >= 0.6 is 0 Å². The van der Waals surface area contributed by atoms with Crippen molar-refractivity contribution in [3.8, 4) is 0 Å². The zero-order valence-corrected chi connectivity index (χ0v) is 13.4. The molecule has 0 radical (unpaired) electrons. The van der Waals surface area contributed by atoms with Crippen LogP contribution < -0.4 is 5.32 Å². The zero-order valence-electron chi connectivity index (χ0n) is 13.4. The second-order valence-electron chi connectivity index (χ2n) is 6.31. The normalized spacial score (nSPS) is 21.2. The van der Waals surface area contributed by atoms with Crippen molar-refractivity contribution in [1.29, 1.82) is 0 Å². The first kappa shape index (κ1) is 15.0. The second-order valence-corrected chi connectivity index (χ2v) is 6.31. The van der Waals surface area contributed by atoms with Crippen LogP contribution in [0.1, 0.15) is 31.7 Å². The van der Waals surface area contributed by atoms with Gasteiger partial charge in [0.25, 0.3) is 0 Å². The highest BCUT2D eigenvalue weighted by Gasteiger charge is 2.40. The molecule has 2 aromatic rings. The summed E-state index contributed by atoms with van der Waals surface area (Å²) < 4.78 is 0. The lowest BCUT2D eigenvalue weighted by Crippen LogP contribution is -2.53. The van der Waals surface area contributed by atoms with E-state index in [-0.39, 0.29) is 11.4 Å². The van der Waals surface area contributed by atoms with Crippen LogP contribution in [0.25, 0.3) is 10.8 Å². The topological polar surface area (TPSA) is 32.3 Å². The van der Waals surface area contributed by atoms with Crippen LogP contribution in [0.4, 0.5) is 0 Å². The van der Waals surface area contributed by atoms with Crippen LogP contribution in [-0.4, -0.2) is 29.9 Å². The molecule has 116 valence electrons. The molecule has 1 unspecified atom stereocenters. The summed E-state index contributed by atoms with van der Waals surface area (Å²) >= 11 is 0. The highest BCUT2D eigenvalue weighted by molar-refractivity contribution is 5.87. The van der Waals surface area contributed by atoms with Crippen molar-refractivity contribution in [2.45, 2.75) is 38.3 Å². The molecule has 0 saturated carbocycles. The Morgan fingerprint density at radius 1 is 1.23 bits per heavy atom. The average Bonchev–Trinajstić information content (AvgIpc) is 3.04. The summed E-state index contributed by atoms with van der Waals surface area (Å²) in [5.41, 5.74) is 0.838. The summed E-state index contributed by atoms with van der Waals surface area (Å²) in [5, 5.41) is 5.89. The van der Waals surface area contributed by atoms with Gasteiger partial charge in [-0.3, -0.25) is 4.79 Å². The minimum Gasteiger partial charge on any atom is -0.340 e. The van der Waals surface area contributed by atoms with Crippen LogP contribution in [0.3, 0.4) is 0 Å². The molecule has 3 nitrogen and oxygen atoms in total. The molecule has 1 atom stereocenters. The maximum atomic E-state index is 12.8. The lowest BCUT2D eigenvalue weighted by molar-refractivity contribution is -0.137. The summed E-state index contributed by atoms with van der Waals surface area (Å²) in [6.07, 6.45) is 2.89. The van der Waals surface area contributed by atoms with E-state index in [2.05, 4.69) is 54.7 Å².